The van der Waals surface area contributed by atoms with E-state index in [1.807, 2.05) is 34.6 Å². The van der Waals surface area contributed by atoms with E-state index in [9.17, 15) is 24.3 Å². The summed E-state index contributed by atoms with van der Waals surface area (Å²) in [4.78, 5) is 54.4. The molecule has 5 rings (SSSR count). The second-order valence-electron chi connectivity index (χ2n) is 13.9. The monoisotopic (exact) mass is 588 g/mol. The number of hydrogen-bond acceptors (Lipinski definition) is 5. The molecule has 37 heavy (non-hydrogen) atoms. The van der Waals surface area contributed by atoms with Gasteiger partial charge in [-0.25, -0.2) is 0 Å². The number of rotatable bonds is 7. The van der Waals surface area contributed by atoms with Gasteiger partial charge >= 0.3 is 0 Å². The van der Waals surface area contributed by atoms with Crippen molar-refractivity contribution in [3.63, 3.8) is 0 Å². The number of carbonyl (C=O) groups is 4. The minimum absolute atomic E-state index is 0. The van der Waals surface area contributed by atoms with Crippen molar-refractivity contribution in [3.05, 3.63) is 0 Å². The fourth-order valence-corrected chi connectivity index (χ4v) is 10.1. The molecule has 5 aliphatic rings. The fourth-order valence-electron chi connectivity index (χ4n) is 10.1. The van der Waals surface area contributed by atoms with Crippen LogP contribution in [0, 0.1) is 76.4 Å². The van der Waals surface area contributed by atoms with Crippen LogP contribution < -0.4 is 0 Å². The molecule has 0 aromatic carbocycles. The zero-order chi connectivity index (χ0) is 26.3. The first-order chi connectivity index (χ1) is 16.9. The van der Waals surface area contributed by atoms with Gasteiger partial charge in [0.05, 0.1) is 5.92 Å². The van der Waals surface area contributed by atoms with Crippen molar-refractivity contribution in [1.82, 2.24) is 4.90 Å². The van der Waals surface area contributed by atoms with E-state index in [1.54, 1.807) is 0 Å². The van der Waals surface area contributed by atoms with Crippen LogP contribution >= 0.6 is 0 Å². The van der Waals surface area contributed by atoms with Gasteiger partial charge in [0.1, 0.15) is 11.6 Å². The Morgan fingerprint density at radius 2 is 1.49 bits per heavy atom. The molecule has 1 heterocycles. The number of ketones is 2. The van der Waals surface area contributed by atoms with Crippen molar-refractivity contribution in [2.24, 2.45) is 76.4 Å². The molecule has 5 fully saturated rings. The van der Waals surface area contributed by atoms with E-state index in [4.69, 9.17) is 0 Å². The van der Waals surface area contributed by atoms with Gasteiger partial charge in [-0.05, 0) is 80.0 Å². The standard InChI is InChI=1S/C30H45NO5.Y/c1-7-31-28(35)15(3)24(29(31)36)25-17-12-20(21(13-17)27(34)30(4,5)6)26(25)23-14(2)18-10-16(23)11-19(18)22(33)8-9-32;/h14-21,23-26,32H,7-13H2,1-6H3;. The van der Waals surface area contributed by atoms with E-state index in [0.29, 0.717) is 41.9 Å². The van der Waals surface area contributed by atoms with Crippen LogP contribution in [0.1, 0.15) is 73.6 Å². The molecule has 203 valence electrons. The number of Topliss-reactive ketones (excluding diaryl/α,β-unsaturated/α-hetero) is 2. The molecule has 0 spiro atoms. The van der Waals surface area contributed by atoms with Crippen LogP contribution in [-0.2, 0) is 51.9 Å². The zero-order valence-electron chi connectivity index (χ0n) is 23.5. The van der Waals surface area contributed by atoms with Crippen molar-refractivity contribution in [2.45, 2.75) is 73.6 Å². The maximum Gasteiger partial charge on any atom is 0.233 e. The van der Waals surface area contributed by atoms with E-state index >= 15 is 0 Å². The number of carbonyl (C=O) groups excluding carboxylic acids is 4. The molecule has 1 saturated heterocycles. The van der Waals surface area contributed by atoms with Crippen molar-refractivity contribution < 1.29 is 57.0 Å². The summed E-state index contributed by atoms with van der Waals surface area (Å²) in [6.45, 7) is 12.5. The molecular weight excluding hydrogens is 543 g/mol. The number of hydrogen-bond donors (Lipinski definition) is 1. The van der Waals surface area contributed by atoms with Gasteiger partial charge in [0.15, 0.2) is 0 Å². The summed E-state index contributed by atoms with van der Waals surface area (Å²) >= 11 is 0. The Bertz CT molecular complexity index is 956. The van der Waals surface area contributed by atoms with Crippen LogP contribution in [0.4, 0.5) is 0 Å². The number of aliphatic hydroxyl groups is 1. The summed E-state index contributed by atoms with van der Waals surface area (Å²) in [6, 6.07) is 0. The van der Waals surface area contributed by atoms with Crippen LogP contribution in [0.3, 0.4) is 0 Å². The number of amides is 2. The predicted molar refractivity (Wildman–Crippen MR) is 135 cm³/mol. The first kappa shape index (κ1) is 29.5. The van der Waals surface area contributed by atoms with Crippen molar-refractivity contribution in [3.8, 4) is 0 Å². The van der Waals surface area contributed by atoms with E-state index in [-0.39, 0.29) is 110 Å². The van der Waals surface area contributed by atoms with Crippen LogP contribution in [-0.4, -0.2) is 46.5 Å². The van der Waals surface area contributed by atoms with Crippen molar-refractivity contribution in [1.29, 1.82) is 0 Å². The number of aliphatic hydroxyl groups excluding tert-OH is 1. The number of imide groups is 1. The molecule has 4 bridgehead atoms. The maximum absolute atomic E-state index is 13.6. The Balaban J connectivity index is 0.00000320. The molecule has 0 aromatic heterocycles. The van der Waals surface area contributed by atoms with Gasteiger partial charge in [0.2, 0.25) is 11.8 Å². The fraction of sp³-hybridized carbons (Fsp3) is 0.867. The molecule has 12 unspecified atom stereocenters. The van der Waals surface area contributed by atoms with Gasteiger partial charge in [-0.15, -0.1) is 0 Å². The van der Waals surface area contributed by atoms with Crippen molar-refractivity contribution >= 4 is 23.4 Å². The third-order valence-electron chi connectivity index (χ3n) is 11.4. The molecule has 1 N–H and O–H groups in total. The summed E-state index contributed by atoms with van der Waals surface area (Å²) in [7, 11) is 0. The number of nitrogens with zero attached hydrogens (tertiary/aromatic N) is 1. The van der Waals surface area contributed by atoms with E-state index in [1.165, 1.54) is 4.90 Å². The van der Waals surface area contributed by atoms with E-state index in [0.717, 1.165) is 25.7 Å². The van der Waals surface area contributed by atoms with Crippen LogP contribution in [0.25, 0.3) is 0 Å². The van der Waals surface area contributed by atoms with Crippen LogP contribution in [0.2, 0.25) is 0 Å². The van der Waals surface area contributed by atoms with Gasteiger partial charge in [0, 0.05) is 75.5 Å². The smallest absolute Gasteiger partial charge is 0.233 e. The largest absolute Gasteiger partial charge is 0.396 e. The summed E-state index contributed by atoms with van der Waals surface area (Å²) in [5.41, 5.74) is -0.386. The van der Waals surface area contributed by atoms with Gasteiger partial charge in [-0.2, -0.15) is 0 Å². The molecule has 1 aliphatic heterocycles. The van der Waals surface area contributed by atoms with Gasteiger partial charge in [0.25, 0.3) is 0 Å². The third-order valence-corrected chi connectivity index (χ3v) is 11.4. The second-order valence-corrected chi connectivity index (χ2v) is 13.9. The quantitative estimate of drug-likeness (QED) is 0.455. The Hall–Kier alpha value is -0.456. The normalized spacial score (nSPS) is 44.6. The molecule has 7 heteroatoms. The maximum atomic E-state index is 13.6. The van der Waals surface area contributed by atoms with Crippen LogP contribution in [0.15, 0.2) is 0 Å². The molecule has 2 amide bonds. The van der Waals surface area contributed by atoms with Crippen molar-refractivity contribution in [2.75, 3.05) is 13.2 Å². The molecule has 1 radical (unpaired) electrons. The minimum Gasteiger partial charge on any atom is -0.396 e. The average Bonchev–Trinajstić information content (AvgIpc) is 3.60. The van der Waals surface area contributed by atoms with E-state index < -0.39 is 0 Å². The van der Waals surface area contributed by atoms with E-state index in [2.05, 4.69) is 6.92 Å². The molecule has 0 aromatic rings. The molecule has 12 atom stereocenters. The first-order valence-electron chi connectivity index (χ1n) is 14.4. The minimum atomic E-state index is -0.386. The Kier molecular flexibility index (Phi) is 8.38. The molecule has 4 saturated carbocycles. The molecule has 6 nitrogen and oxygen atoms in total. The first-order valence-corrected chi connectivity index (χ1v) is 14.4. The summed E-state index contributed by atoms with van der Waals surface area (Å²) in [5.74, 6) is 2.55. The SMILES string of the molecule is CCN1C(=O)C(C)C(C2C3CC(C(=O)C(C)(C)C)C(C3)C2C2C3CC(C(=O)CCO)C(C3)C2C)C1=O.[Y]. The molecule has 4 aliphatic carbocycles. The molecular formula is C30H45NO5Y. The predicted octanol–water partition coefficient (Wildman–Crippen LogP) is 3.99. The topological polar surface area (TPSA) is 91.8 Å². The number of fused-ring (bicyclic) bond motifs is 4. The summed E-state index contributed by atoms with van der Waals surface area (Å²) in [6.07, 6.45) is 4.01. The average molecular weight is 589 g/mol. The zero-order valence-corrected chi connectivity index (χ0v) is 26.3. The third kappa shape index (κ3) is 4.47. The Morgan fingerprint density at radius 3 is 2.03 bits per heavy atom. The van der Waals surface area contributed by atoms with Gasteiger partial charge in [-0.1, -0.05) is 34.6 Å². The summed E-state index contributed by atoms with van der Waals surface area (Å²) < 4.78 is 0. The van der Waals surface area contributed by atoms with Crippen LogP contribution in [0.5, 0.6) is 0 Å². The van der Waals surface area contributed by atoms with Gasteiger partial charge in [-0.3, -0.25) is 24.1 Å². The second kappa shape index (κ2) is 10.5. The van der Waals surface area contributed by atoms with Gasteiger partial charge < -0.3 is 5.11 Å². The Labute approximate surface area is 247 Å². The number of likely N-dealkylation sites (tertiary alicyclic amines) is 1. The summed E-state index contributed by atoms with van der Waals surface area (Å²) in [5, 5.41) is 9.33. The Morgan fingerprint density at radius 1 is 0.892 bits per heavy atom.